The normalized spacial score (nSPS) is 10.4. The molecule has 0 saturated heterocycles. The highest BCUT2D eigenvalue weighted by atomic mass is 16.3. The van der Waals surface area contributed by atoms with E-state index in [4.69, 9.17) is 4.42 Å². The molecule has 2 N–H and O–H groups in total. The van der Waals surface area contributed by atoms with Crippen molar-refractivity contribution in [2.75, 3.05) is 16.8 Å². The first kappa shape index (κ1) is 21.8. The lowest BCUT2D eigenvalue weighted by Crippen LogP contribution is -2.41. The molecule has 8 nitrogen and oxygen atoms in total. The van der Waals surface area contributed by atoms with Gasteiger partial charge in [-0.05, 0) is 43.3 Å². The predicted octanol–water partition coefficient (Wildman–Crippen LogP) is 3.05. The average molecular weight is 420 g/mol. The van der Waals surface area contributed by atoms with E-state index < -0.39 is 0 Å². The van der Waals surface area contributed by atoms with Crippen LogP contribution in [0.15, 0.2) is 71.5 Å². The van der Waals surface area contributed by atoms with Gasteiger partial charge in [-0.3, -0.25) is 14.4 Å². The van der Waals surface area contributed by atoms with Crippen molar-refractivity contribution < 1.29 is 18.8 Å². The summed E-state index contributed by atoms with van der Waals surface area (Å²) in [6.45, 7) is 2.01. The van der Waals surface area contributed by atoms with Gasteiger partial charge in [0.1, 0.15) is 18.1 Å². The van der Waals surface area contributed by atoms with Gasteiger partial charge in [-0.15, -0.1) is 0 Å². The lowest BCUT2D eigenvalue weighted by molar-refractivity contribution is -0.125. The molecule has 3 aromatic rings. The Bertz CT molecular complexity index is 1000. The summed E-state index contributed by atoms with van der Waals surface area (Å²) in [5.74, 6) is 0.0648. The maximum absolute atomic E-state index is 12.9. The zero-order valence-electron chi connectivity index (χ0n) is 17.2. The Kier molecular flexibility index (Phi) is 7.53. The number of amides is 3. The summed E-state index contributed by atoms with van der Waals surface area (Å²) in [4.78, 5) is 42.9. The monoisotopic (exact) mass is 420 g/mol. The molecule has 1 aromatic carbocycles. The molecule has 160 valence electrons. The Morgan fingerprint density at radius 1 is 0.968 bits per heavy atom. The highest BCUT2D eigenvalue weighted by Crippen LogP contribution is 2.17. The maximum atomic E-state index is 12.9. The van der Waals surface area contributed by atoms with Crippen LogP contribution in [0.2, 0.25) is 0 Å². The standard InChI is InChI=1S/C23H24N4O4/c1-17-7-9-18(10-8-17)27(16-22(29)25-15-19-5-4-14-31-19)23(30)12-11-21(28)26-20-6-2-3-13-24-20/h2-10,13-14H,11-12,15-16H2,1H3,(H,25,29)(H,24,26,28). The molecule has 0 fully saturated rings. The van der Waals surface area contributed by atoms with Gasteiger partial charge < -0.3 is 20.0 Å². The van der Waals surface area contributed by atoms with E-state index in [-0.39, 0.29) is 43.7 Å². The molecule has 0 unspecified atom stereocenters. The lowest BCUT2D eigenvalue weighted by Gasteiger charge is -2.22. The van der Waals surface area contributed by atoms with Crippen molar-refractivity contribution in [1.82, 2.24) is 10.3 Å². The summed E-state index contributed by atoms with van der Waals surface area (Å²) >= 11 is 0. The van der Waals surface area contributed by atoms with Crippen LogP contribution in [-0.4, -0.2) is 29.3 Å². The summed E-state index contributed by atoms with van der Waals surface area (Å²) in [5.41, 5.74) is 1.63. The van der Waals surface area contributed by atoms with Gasteiger partial charge in [0.15, 0.2) is 0 Å². The number of hydrogen-bond acceptors (Lipinski definition) is 5. The van der Waals surface area contributed by atoms with Crippen LogP contribution >= 0.6 is 0 Å². The zero-order chi connectivity index (χ0) is 22.1. The van der Waals surface area contributed by atoms with Crippen molar-refractivity contribution in [3.05, 3.63) is 78.4 Å². The van der Waals surface area contributed by atoms with Crippen LogP contribution in [-0.2, 0) is 20.9 Å². The molecule has 0 saturated carbocycles. The largest absolute Gasteiger partial charge is 0.467 e. The molecule has 2 heterocycles. The summed E-state index contributed by atoms with van der Waals surface area (Å²) in [7, 11) is 0. The van der Waals surface area contributed by atoms with Crippen molar-refractivity contribution >= 4 is 29.2 Å². The quantitative estimate of drug-likeness (QED) is 0.554. The van der Waals surface area contributed by atoms with Gasteiger partial charge in [-0.2, -0.15) is 0 Å². The Balaban J connectivity index is 1.60. The van der Waals surface area contributed by atoms with E-state index in [1.54, 1.807) is 48.7 Å². The van der Waals surface area contributed by atoms with Gasteiger partial charge in [0, 0.05) is 24.7 Å². The van der Waals surface area contributed by atoms with Gasteiger partial charge in [-0.1, -0.05) is 23.8 Å². The highest BCUT2D eigenvalue weighted by Gasteiger charge is 2.20. The fourth-order valence-electron chi connectivity index (χ4n) is 2.84. The fraction of sp³-hybridized carbons (Fsp3) is 0.217. The minimum atomic E-state index is -0.330. The number of nitrogens with one attached hydrogen (secondary N) is 2. The molecule has 2 aromatic heterocycles. The van der Waals surface area contributed by atoms with E-state index in [0.29, 0.717) is 17.3 Å². The van der Waals surface area contributed by atoms with Crippen LogP contribution in [0.1, 0.15) is 24.2 Å². The van der Waals surface area contributed by atoms with Crippen molar-refractivity contribution in [3.8, 4) is 0 Å². The van der Waals surface area contributed by atoms with Crippen LogP contribution in [0.25, 0.3) is 0 Å². The Morgan fingerprint density at radius 3 is 2.45 bits per heavy atom. The number of furan rings is 1. The number of aryl methyl sites for hydroxylation is 1. The fourth-order valence-corrected chi connectivity index (χ4v) is 2.84. The molecule has 0 bridgehead atoms. The summed E-state index contributed by atoms with van der Waals surface area (Å²) < 4.78 is 5.20. The number of hydrogen-bond donors (Lipinski definition) is 2. The molecule has 0 aliphatic rings. The number of carbonyl (C=O) groups excluding carboxylic acids is 3. The molecular weight excluding hydrogens is 396 g/mol. The third kappa shape index (κ3) is 6.81. The molecule has 0 aliphatic heterocycles. The summed E-state index contributed by atoms with van der Waals surface area (Å²) in [6, 6.07) is 15.9. The van der Waals surface area contributed by atoms with E-state index in [2.05, 4.69) is 15.6 Å². The molecule has 31 heavy (non-hydrogen) atoms. The summed E-state index contributed by atoms with van der Waals surface area (Å²) in [6.07, 6.45) is 3.03. The first-order valence-electron chi connectivity index (χ1n) is 9.88. The van der Waals surface area contributed by atoms with Crippen molar-refractivity contribution in [2.45, 2.75) is 26.3 Å². The molecule has 3 amide bonds. The van der Waals surface area contributed by atoms with E-state index in [9.17, 15) is 14.4 Å². The second-order valence-corrected chi connectivity index (χ2v) is 6.93. The topological polar surface area (TPSA) is 105 Å². The smallest absolute Gasteiger partial charge is 0.240 e. The molecule has 0 spiro atoms. The lowest BCUT2D eigenvalue weighted by atomic mass is 10.2. The van der Waals surface area contributed by atoms with Gasteiger partial charge in [0.25, 0.3) is 0 Å². The van der Waals surface area contributed by atoms with Crippen LogP contribution < -0.4 is 15.5 Å². The number of nitrogens with zero attached hydrogens (tertiary/aromatic N) is 2. The molecule has 3 rings (SSSR count). The average Bonchev–Trinajstić information content (AvgIpc) is 3.30. The molecule has 0 radical (unpaired) electrons. The number of anilines is 2. The number of rotatable bonds is 9. The zero-order valence-corrected chi connectivity index (χ0v) is 17.2. The van der Waals surface area contributed by atoms with E-state index >= 15 is 0 Å². The van der Waals surface area contributed by atoms with Crippen LogP contribution in [0.5, 0.6) is 0 Å². The number of pyridine rings is 1. The van der Waals surface area contributed by atoms with Gasteiger partial charge >= 0.3 is 0 Å². The van der Waals surface area contributed by atoms with E-state index in [0.717, 1.165) is 5.56 Å². The van der Waals surface area contributed by atoms with Crippen LogP contribution in [0.3, 0.4) is 0 Å². The Morgan fingerprint density at radius 2 is 1.77 bits per heavy atom. The summed E-state index contributed by atoms with van der Waals surface area (Å²) in [5, 5.41) is 5.38. The third-order valence-electron chi connectivity index (χ3n) is 4.49. The van der Waals surface area contributed by atoms with Crippen LogP contribution in [0.4, 0.5) is 11.5 Å². The second-order valence-electron chi connectivity index (χ2n) is 6.93. The van der Waals surface area contributed by atoms with Crippen molar-refractivity contribution in [2.24, 2.45) is 0 Å². The van der Waals surface area contributed by atoms with Crippen molar-refractivity contribution in [3.63, 3.8) is 0 Å². The van der Waals surface area contributed by atoms with Crippen molar-refractivity contribution in [1.29, 1.82) is 0 Å². The number of aromatic nitrogens is 1. The third-order valence-corrected chi connectivity index (χ3v) is 4.49. The second kappa shape index (κ2) is 10.7. The van der Waals surface area contributed by atoms with Gasteiger partial charge in [0.05, 0.1) is 12.8 Å². The number of benzene rings is 1. The van der Waals surface area contributed by atoms with Crippen LogP contribution in [0, 0.1) is 6.92 Å². The minimum absolute atomic E-state index is 0.0220. The Labute approximate surface area is 180 Å². The SMILES string of the molecule is Cc1ccc(N(CC(=O)NCc2ccco2)C(=O)CCC(=O)Nc2ccccn2)cc1. The molecule has 8 heteroatoms. The van der Waals surface area contributed by atoms with E-state index in [1.807, 2.05) is 19.1 Å². The van der Waals surface area contributed by atoms with E-state index in [1.165, 1.54) is 11.2 Å². The molecule has 0 aliphatic carbocycles. The number of carbonyl (C=O) groups is 3. The maximum Gasteiger partial charge on any atom is 0.240 e. The highest BCUT2D eigenvalue weighted by molar-refractivity contribution is 6.01. The minimum Gasteiger partial charge on any atom is -0.467 e. The van der Waals surface area contributed by atoms with Gasteiger partial charge in [-0.25, -0.2) is 4.98 Å². The first-order chi connectivity index (χ1) is 15.0. The first-order valence-corrected chi connectivity index (χ1v) is 9.88. The molecule has 0 atom stereocenters. The Hall–Kier alpha value is -3.94. The van der Waals surface area contributed by atoms with Gasteiger partial charge in [0.2, 0.25) is 17.7 Å². The molecular formula is C23H24N4O4. The predicted molar refractivity (Wildman–Crippen MR) is 116 cm³/mol.